The van der Waals surface area contributed by atoms with Gasteiger partial charge in [0.15, 0.2) is 0 Å². The molecule has 0 spiro atoms. The Kier molecular flexibility index (Phi) is 3.58. The van der Waals surface area contributed by atoms with Gasteiger partial charge >= 0.3 is 5.97 Å². The van der Waals surface area contributed by atoms with Crippen LogP contribution in [-0.2, 0) is 17.6 Å². The number of hydrogen-bond acceptors (Lipinski definition) is 3. The molecule has 1 unspecified atom stereocenters. The minimum absolute atomic E-state index is 0.321. The van der Waals surface area contributed by atoms with E-state index in [2.05, 4.69) is 18.0 Å². The molecule has 0 amide bonds. The van der Waals surface area contributed by atoms with Crippen LogP contribution in [-0.4, -0.2) is 22.1 Å². The van der Waals surface area contributed by atoms with Crippen LogP contribution in [0.15, 0.2) is 30.5 Å². The van der Waals surface area contributed by atoms with Gasteiger partial charge in [0.05, 0.1) is 5.52 Å². The zero-order valence-corrected chi connectivity index (χ0v) is 10.3. The Balaban J connectivity index is 2.46. The Hall–Kier alpha value is -1.94. The Morgan fingerprint density at radius 1 is 1.44 bits per heavy atom. The van der Waals surface area contributed by atoms with E-state index in [1.165, 1.54) is 5.56 Å². The molecule has 1 heterocycles. The lowest BCUT2D eigenvalue weighted by molar-refractivity contribution is -0.138. The normalized spacial score (nSPS) is 12.6. The van der Waals surface area contributed by atoms with Crippen molar-refractivity contribution in [2.45, 2.75) is 25.8 Å². The summed E-state index contributed by atoms with van der Waals surface area (Å²) >= 11 is 0. The van der Waals surface area contributed by atoms with E-state index in [0.717, 1.165) is 22.9 Å². The monoisotopic (exact) mass is 244 g/mol. The average molecular weight is 244 g/mol. The van der Waals surface area contributed by atoms with Crippen LogP contribution in [0.25, 0.3) is 10.9 Å². The number of aromatic nitrogens is 1. The number of carboxylic acids is 1. The quantitative estimate of drug-likeness (QED) is 0.859. The van der Waals surface area contributed by atoms with Gasteiger partial charge in [-0.2, -0.15) is 0 Å². The van der Waals surface area contributed by atoms with Crippen molar-refractivity contribution in [3.8, 4) is 0 Å². The van der Waals surface area contributed by atoms with Crippen LogP contribution in [0.3, 0.4) is 0 Å². The number of nitrogens with two attached hydrogens (primary N) is 1. The maximum absolute atomic E-state index is 10.8. The largest absolute Gasteiger partial charge is 0.480 e. The SMILES string of the molecule is CCc1ccc2nccc(CC(N)C(=O)O)c2c1. The summed E-state index contributed by atoms with van der Waals surface area (Å²) in [6.45, 7) is 2.08. The molecule has 3 N–H and O–H groups in total. The van der Waals surface area contributed by atoms with Crippen LogP contribution in [0, 0.1) is 0 Å². The summed E-state index contributed by atoms with van der Waals surface area (Å²) in [4.78, 5) is 15.1. The fraction of sp³-hybridized carbons (Fsp3) is 0.286. The first kappa shape index (κ1) is 12.5. The molecule has 0 bridgehead atoms. The highest BCUT2D eigenvalue weighted by molar-refractivity contribution is 5.84. The van der Waals surface area contributed by atoms with E-state index < -0.39 is 12.0 Å². The van der Waals surface area contributed by atoms with Crippen molar-refractivity contribution in [3.63, 3.8) is 0 Å². The van der Waals surface area contributed by atoms with Crippen molar-refractivity contribution in [2.24, 2.45) is 5.73 Å². The van der Waals surface area contributed by atoms with E-state index in [1.54, 1.807) is 6.20 Å². The van der Waals surface area contributed by atoms with Crippen molar-refractivity contribution < 1.29 is 9.90 Å². The first-order valence-corrected chi connectivity index (χ1v) is 5.96. The van der Waals surface area contributed by atoms with Crippen molar-refractivity contribution >= 4 is 16.9 Å². The molecule has 1 aromatic heterocycles. The molecule has 1 atom stereocenters. The molecule has 0 aliphatic carbocycles. The number of carbonyl (C=O) groups is 1. The third kappa shape index (κ3) is 2.49. The Bertz CT molecular complexity index is 581. The summed E-state index contributed by atoms with van der Waals surface area (Å²) in [5.74, 6) is -0.980. The zero-order chi connectivity index (χ0) is 13.1. The van der Waals surface area contributed by atoms with Crippen LogP contribution in [0.1, 0.15) is 18.1 Å². The number of carboxylic acid groups (broad SMARTS) is 1. The van der Waals surface area contributed by atoms with E-state index in [0.29, 0.717) is 6.42 Å². The number of rotatable bonds is 4. The van der Waals surface area contributed by atoms with Crippen molar-refractivity contribution in [1.29, 1.82) is 0 Å². The van der Waals surface area contributed by atoms with Gasteiger partial charge in [0.2, 0.25) is 0 Å². The second-order valence-electron chi connectivity index (χ2n) is 4.32. The molecule has 1 aromatic carbocycles. The zero-order valence-electron chi connectivity index (χ0n) is 10.3. The number of aliphatic carboxylic acids is 1. The molecule has 0 aliphatic rings. The lowest BCUT2D eigenvalue weighted by atomic mass is 10.00. The first-order chi connectivity index (χ1) is 8.61. The molecule has 0 fully saturated rings. The topological polar surface area (TPSA) is 76.2 Å². The fourth-order valence-corrected chi connectivity index (χ4v) is 1.97. The molecule has 0 saturated heterocycles. The number of benzene rings is 1. The van der Waals surface area contributed by atoms with Gasteiger partial charge in [-0.25, -0.2) is 0 Å². The molecular weight excluding hydrogens is 228 g/mol. The molecule has 2 rings (SSSR count). The molecule has 2 aromatic rings. The van der Waals surface area contributed by atoms with Crippen LogP contribution < -0.4 is 5.73 Å². The van der Waals surface area contributed by atoms with E-state index in [-0.39, 0.29) is 0 Å². The van der Waals surface area contributed by atoms with Crippen molar-refractivity contribution in [1.82, 2.24) is 4.98 Å². The summed E-state index contributed by atoms with van der Waals surface area (Å²) in [7, 11) is 0. The predicted octanol–water partition coefficient (Wildman–Crippen LogP) is 1.75. The third-order valence-electron chi connectivity index (χ3n) is 3.06. The molecular formula is C14H16N2O2. The summed E-state index contributed by atoms with van der Waals surface area (Å²) in [5, 5.41) is 9.87. The maximum atomic E-state index is 10.8. The van der Waals surface area contributed by atoms with Crippen LogP contribution in [0.5, 0.6) is 0 Å². The van der Waals surface area contributed by atoms with Gasteiger partial charge in [-0.15, -0.1) is 0 Å². The number of pyridine rings is 1. The third-order valence-corrected chi connectivity index (χ3v) is 3.06. The fourth-order valence-electron chi connectivity index (χ4n) is 1.97. The summed E-state index contributed by atoms with van der Waals surface area (Å²) in [6.07, 6.45) is 2.95. The van der Waals surface area contributed by atoms with E-state index in [4.69, 9.17) is 10.8 Å². The Labute approximate surface area is 105 Å². The number of aryl methyl sites for hydroxylation is 1. The minimum atomic E-state index is -0.980. The Morgan fingerprint density at radius 2 is 2.22 bits per heavy atom. The minimum Gasteiger partial charge on any atom is -0.480 e. The molecule has 0 saturated carbocycles. The molecule has 18 heavy (non-hydrogen) atoms. The highest BCUT2D eigenvalue weighted by atomic mass is 16.4. The smallest absolute Gasteiger partial charge is 0.320 e. The number of fused-ring (bicyclic) bond motifs is 1. The first-order valence-electron chi connectivity index (χ1n) is 5.96. The van der Waals surface area contributed by atoms with Gasteiger partial charge in [-0.3, -0.25) is 9.78 Å². The second-order valence-corrected chi connectivity index (χ2v) is 4.32. The second kappa shape index (κ2) is 5.14. The van der Waals surface area contributed by atoms with E-state index in [9.17, 15) is 4.79 Å². The molecule has 94 valence electrons. The van der Waals surface area contributed by atoms with Gasteiger partial charge < -0.3 is 10.8 Å². The predicted molar refractivity (Wildman–Crippen MR) is 70.4 cm³/mol. The van der Waals surface area contributed by atoms with Gasteiger partial charge in [-0.1, -0.05) is 13.0 Å². The molecule has 0 aliphatic heterocycles. The standard InChI is InChI=1S/C14H16N2O2/c1-2-9-3-4-13-11(7-9)10(5-6-16-13)8-12(15)14(17)18/h3-7,12H,2,8,15H2,1H3,(H,17,18). The summed E-state index contributed by atoms with van der Waals surface area (Å²) < 4.78 is 0. The van der Waals surface area contributed by atoms with Crippen molar-refractivity contribution in [2.75, 3.05) is 0 Å². The van der Waals surface area contributed by atoms with Gasteiger partial charge in [0.25, 0.3) is 0 Å². The molecule has 4 heteroatoms. The van der Waals surface area contributed by atoms with Gasteiger partial charge in [0, 0.05) is 11.6 Å². The summed E-state index contributed by atoms with van der Waals surface area (Å²) in [5.41, 5.74) is 8.61. The van der Waals surface area contributed by atoms with Crippen LogP contribution in [0.4, 0.5) is 0 Å². The van der Waals surface area contributed by atoms with Gasteiger partial charge in [0.1, 0.15) is 6.04 Å². The Morgan fingerprint density at radius 3 is 2.89 bits per heavy atom. The lowest BCUT2D eigenvalue weighted by Gasteiger charge is -2.10. The average Bonchev–Trinajstić information content (AvgIpc) is 2.38. The number of nitrogens with zero attached hydrogens (tertiary/aromatic N) is 1. The lowest BCUT2D eigenvalue weighted by Crippen LogP contribution is -2.32. The molecule has 4 nitrogen and oxygen atoms in total. The van der Waals surface area contributed by atoms with Crippen LogP contribution >= 0.6 is 0 Å². The summed E-state index contributed by atoms with van der Waals surface area (Å²) in [6, 6.07) is 7.03. The number of hydrogen-bond donors (Lipinski definition) is 2. The molecule has 0 radical (unpaired) electrons. The highest BCUT2D eigenvalue weighted by Gasteiger charge is 2.14. The van der Waals surface area contributed by atoms with E-state index in [1.807, 2.05) is 18.2 Å². The van der Waals surface area contributed by atoms with Gasteiger partial charge in [-0.05, 0) is 42.2 Å². The maximum Gasteiger partial charge on any atom is 0.320 e. The highest BCUT2D eigenvalue weighted by Crippen LogP contribution is 2.20. The van der Waals surface area contributed by atoms with Crippen molar-refractivity contribution in [3.05, 3.63) is 41.6 Å². The van der Waals surface area contributed by atoms with E-state index >= 15 is 0 Å². The van der Waals surface area contributed by atoms with Crippen LogP contribution in [0.2, 0.25) is 0 Å².